The van der Waals surface area contributed by atoms with Gasteiger partial charge in [0.2, 0.25) is 0 Å². The number of carbonyl (C=O) groups excluding carboxylic acids is 1. The molecule has 2 heterocycles. The molecule has 0 aromatic heterocycles. The van der Waals surface area contributed by atoms with Gasteiger partial charge in [-0.3, -0.25) is 4.79 Å². The molecule has 2 bridgehead atoms. The minimum absolute atomic E-state index is 0.101. The van der Waals surface area contributed by atoms with Crippen molar-refractivity contribution in [3.63, 3.8) is 0 Å². The Labute approximate surface area is 93.8 Å². The number of carboxylic acid groups (broad SMARTS) is 1. The molecule has 2 aliphatic rings. The maximum atomic E-state index is 11.8. The first-order valence-electron chi connectivity index (χ1n) is 5.64. The molecule has 0 saturated carbocycles. The molecule has 6 heteroatoms. The first kappa shape index (κ1) is 11.2. The second kappa shape index (κ2) is 4.29. The van der Waals surface area contributed by atoms with Crippen LogP contribution in [0, 0.1) is 5.92 Å². The number of hydrogen-bond acceptors (Lipinski definition) is 3. The molecule has 0 aromatic rings. The molecule has 3 unspecified atom stereocenters. The minimum atomic E-state index is -0.788. The zero-order valence-corrected chi connectivity index (χ0v) is 9.06. The van der Waals surface area contributed by atoms with Gasteiger partial charge in [0.15, 0.2) is 0 Å². The number of amides is 2. The molecule has 2 amide bonds. The van der Waals surface area contributed by atoms with Crippen molar-refractivity contribution < 1.29 is 14.7 Å². The van der Waals surface area contributed by atoms with Gasteiger partial charge in [-0.15, -0.1) is 0 Å². The Morgan fingerprint density at radius 3 is 2.75 bits per heavy atom. The van der Waals surface area contributed by atoms with Gasteiger partial charge in [-0.1, -0.05) is 0 Å². The van der Waals surface area contributed by atoms with Crippen LogP contribution in [0.1, 0.15) is 19.3 Å². The summed E-state index contributed by atoms with van der Waals surface area (Å²) in [5, 5.41) is 11.7. The molecule has 0 aliphatic carbocycles. The standard InChI is InChI=1S/C10H17N3O3/c11-3-4-12-10(16)13-6-1-2-8(13)7(5-6)9(14)15/h6-8H,1-5,11H2,(H,12,16)(H,14,15). The van der Waals surface area contributed by atoms with E-state index in [0.29, 0.717) is 19.5 Å². The number of nitrogens with one attached hydrogen (secondary N) is 1. The molecule has 90 valence electrons. The number of rotatable bonds is 3. The van der Waals surface area contributed by atoms with Gasteiger partial charge in [0.1, 0.15) is 0 Å². The van der Waals surface area contributed by atoms with Gasteiger partial charge in [0.25, 0.3) is 0 Å². The van der Waals surface area contributed by atoms with Crippen molar-refractivity contribution in [1.82, 2.24) is 10.2 Å². The van der Waals surface area contributed by atoms with Gasteiger partial charge >= 0.3 is 12.0 Å². The SMILES string of the molecule is NCCNC(=O)N1C2CCC1C(C(=O)O)C2. The van der Waals surface area contributed by atoms with Crippen LogP contribution in [0.15, 0.2) is 0 Å². The van der Waals surface area contributed by atoms with Crippen molar-refractivity contribution >= 4 is 12.0 Å². The summed E-state index contributed by atoms with van der Waals surface area (Å²) in [6.45, 7) is 0.837. The van der Waals surface area contributed by atoms with E-state index in [0.717, 1.165) is 12.8 Å². The Morgan fingerprint density at radius 1 is 1.44 bits per heavy atom. The highest BCUT2D eigenvalue weighted by atomic mass is 16.4. The topological polar surface area (TPSA) is 95.7 Å². The summed E-state index contributed by atoms with van der Waals surface area (Å²) in [4.78, 5) is 24.5. The number of nitrogens with two attached hydrogens (primary N) is 1. The maximum Gasteiger partial charge on any atom is 0.317 e. The lowest BCUT2D eigenvalue weighted by Crippen LogP contribution is -2.45. The van der Waals surface area contributed by atoms with E-state index in [1.54, 1.807) is 4.90 Å². The first-order valence-corrected chi connectivity index (χ1v) is 5.64. The molecule has 6 nitrogen and oxygen atoms in total. The van der Waals surface area contributed by atoms with Crippen LogP contribution in [0.2, 0.25) is 0 Å². The number of carboxylic acids is 1. The molecule has 4 N–H and O–H groups in total. The Hall–Kier alpha value is -1.30. The van der Waals surface area contributed by atoms with Gasteiger partial charge in [-0.2, -0.15) is 0 Å². The predicted octanol–water partition coefficient (Wildman–Crippen LogP) is -0.408. The van der Waals surface area contributed by atoms with E-state index < -0.39 is 5.97 Å². The van der Waals surface area contributed by atoms with E-state index in [2.05, 4.69) is 5.32 Å². The van der Waals surface area contributed by atoms with E-state index >= 15 is 0 Å². The Balaban J connectivity index is 2.01. The molecule has 3 atom stereocenters. The van der Waals surface area contributed by atoms with Gasteiger partial charge in [0, 0.05) is 25.2 Å². The van der Waals surface area contributed by atoms with Crippen LogP contribution < -0.4 is 11.1 Å². The summed E-state index contributed by atoms with van der Waals surface area (Å²) >= 11 is 0. The molecule has 16 heavy (non-hydrogen) atoms. The van der Waals surface area contributed by atoms with Crippen LogP contribution in [0.5, 0.6) is 0 Å². The highest BCUT2D eigenvalue weighted by molar-refractivity contribution is 5.79. The van der Waals surface area contributed by atoms with Gasteiger partial charge < -0.3 is 21.1 Å². The van der Waals surface area contributed by atoms with E-state index in [1.807, 2.05) is 0 Å². The molecule has 0 radical (unpaired) electrons. The third-order valence-electron chi connectivity index (χ3n) is 3.51. The Kier molecular flexibility index (Phi) is 3.00. The summed E-state index contributed by atoms with van der Waals surface area (Å²) in [6.07, 6.45) is 2.32. The van der Waals surface area contributed by atoms with Crippen LogP contribution in [0.3, 0.4) is 0 Å². The average molecular weight is 227 g/mol. The normalized spacial score (nSPS) is 31.8. The zero-order chi connectivity index (χ0) is 11.7. The molecule has 0 spiro atoms. The lowest BCUT2D eigenvalue weighted by molar-refractivity contribution is -0.142. The molecule has 2 saturated heterocycles. The van der Waals surface area contributed by atoms with E-state index in [1.165, 1.54) is 0 Å². The Bertz CT molecular complexity index is 308. The van der Waals surface area contributed by atoms with Crippen LogP contribution >= 0.6 is 0 Å². The largest absolute Gasteiger partial charge is 0.481 e. The second-order valence-electron chi connectivity index (χ2n) is 4.41. The molecule has 2 rings (SSSR count). The van der Waals surface area contributed by atoms with Gasteiger partial charge in [-0.25, -0.2) is 4.79 Å². The second-order valence-corrected chi connectivity index (χ2v) is 4.41. The number of hydrogen-bond donors (Lipinski definition) is 3. The molecule has 2 fully saturated rings. The van der Waals surface area contributed by atoms with Gasteiger partial charge in [-0.05, 0) is 19.3 Å². The quantitative estimate of drug-likeness (QED) is 0.611. The van der Waals surface area contributed by atoms with Gasteiger partial charge in [0.05, 0.1) is 5.92 Å². The minimum Gasteiger partial charge on any atom is -0.481 e. The zero-order valence-electron chi connectivity index (χ0n) is 9.06. The fraction of sp³-hybridized carbons (Fsp3) is 0.800. The Morgan fingerprint density at radius 2 is 2.19 bits per heavy atom. The van der Waals surface area contributed by atoms with Crippen LogP contribution in [-0.2, 0) is 4.79 Å². The third-order valence-corrected chi connectivity index (χ3v) is 3.51. The molecule has 2 aliphatic heterocycles. The van der Waals surface area contributed by atoms with Crippen molar-refractivity contribution in [3.8, 4) is 0 Å². The van der Waals surface area contributed by atoms with E-state index in [-0.39, 0.29) is 24.0 Å². The first-order chi connectivity index (χ1) is 7.65. The lowest BCUT2D eigenvalue weighted by Gasteiger charge is -2.23. The van der Waals surface area contributed by atoms with Crippen molar-refractivity contribution in [2.75, 3.05) is 13.1 Å². The summed E-state index contributed by atoms with van der Waals surface area (Å²) < 4.78 is 0. The number of nitrogens with zero attached hydrogens (tertiary/aromatic N) is 1. The monoisotopic (exact) mass is 227 g/mol. The highest BCUT2D eigenvalue weighted by Crippen LogP contribution is 2.41. The average Bonchev–Trinajstić information content (AvgIpc) is 2.82. The third kappa shape index (κ3) is 1.73. The summed E-state index contributed by atoms with van der Waals surface area (Å²) in [7, 11) is 0. The lowest BCUT2D eigenvalue weighted by atomic mass is 9.89. The molecular weight excluding hydrogens is 210 g/mol. The van der Waals surface area contributed by atoms with E-state index in [4.69, 9.17) is 10.8 Å². The fourth-order valence-electron chi connectivity index (χ4n) is 2.84. The predicted molar refractivity (Wildman–Crippen MR) is 56.8 cm³/mol. The molecule has 0 aromatic carbocycles. The van der Waals surface area contributed by atoms with Crippen LogP contribution in [0.25, 0.3) is 0 Å². The molecular formula is C10H17N3O3. The highest BCUT2D eigenvalue weighted by Gasteiger charge is 2.51. The fourth-order valence-corrected chi connectivity index (χ4v) is 2.84. The van der Waals surface area contributed by atoms with Crippen molar-refractivity contribution in [2.45, 2.75) is 31.3 Å². The van der Waals surface area contributed by atoms with Crippen LogP contribution in [0.4, 0.5) is 4.79 Å². The number of urea groups is 1. The number of fused-ring (bicyclic) bond motifs is 2. The number of aliphatic carboxylic acids is 1. The van der Waals surface area contributed by atoms with Crippen molar-refractivity contribution in [3.05, 3.63) is 0 Å². The number of carbonyl (C=O) groups is 2. The van der Waals surface area contributed by atoms with Crippen LogP contribution in [-0.4, -0.2) is 47.2 Å². The summed E-state index contributed by atoms with van der Waals surface area (Å²) in [5.41, 5.74) is 5.31. The van der Waals surface area contributed by atoms with Crippen molar-refractivity contribution in [1.29, 1.82) is 0 Å². The summed E-state index contributed by atoms with van der Waals surface area (Å²) in [5.74, 6) is -1.17. The van der Waals surface area contributed by atoms with E-state index in [9.17, 15) is 9.59 Å². The maximum absolute atomic E-state index is 11.8. The summed E-state index contributed by atoms with van der Waals surface area (Å²) in [6, 6.07) is -0.189. The smallest absolute Gasteiger partial charge is 0.317 e. The van der Waals surface area contributed by atoms with Crippen molar-refractivity contribution in [2.24, 2.45) is 11.7 Å².